The molecule has 0 saturated carbocycles. The Labute approximate surface area is 99.3 Å². The zero-order valence-electron chi connectivity index (χ0n) is 3.01. The van der Waals surface area contributed by atoms with E-state index in [-0.39, 0.29) is 68.5 Å². The van der Waals surface area contributed by atoms with Gasteiger partial charge in [0.25, 0.3) is 0 Å². The largest absolute Gasteiger partial charge is 0 e. The third kappa shape index (κ3) is 15.7. The molecule has 0 aliphatic heterocycles. The van der Waals surface area contributed by atoms with Gasteiger partial charge in [0.2, 0.25) is 0 Å². The average Bonchev–Trinajstić information content (AvgIpc) is 1.35. The predicted molar refractivity (Wildman–Crippen MR) is 21.8 cm³/mol. The average molecular weight is 209 g/mol. The van der Waals surface area contributed by atoms with Crippen LogP contribution >= 0.6 is 0 Å². The van der Waals surface area contributed by atoms with Gasteiger partial charge in [-0.2, -0.15) is 4.63 Å². The van der Waals surface area contributed by atoms with Gasteiger partial charge in [-0.25, -0.2) is 0 Å². The Balaban J connectivity index is -0.000000125. The second-order valence-corrected chi connectivity index (χ2v) is 1.95. The van der Waals surface area contributed by atoms with Gasteiger partial charge in [-0.3, -0.25) is 0 Å². The second kappa shape index (κ2) is 7.25. The van der Waals surface area contributed by atoms with Crippen LogP contribution in [0.2, 0.25) is 0 Å². The van der Waals surface area contributed by atoms with E-state index in [4.69, 9.17) is 14.4 Å². The van der Waals surface area contributed by atoms with Gasteiger partial charge in [0.15, 0.2) is 0 Å². The van der Waals surface area contributed by atoms with E-state index >= 15 is 0 Å². The first kappa shape index (κ1) is 16.6. The number of rotatable bonds is 1. The summed E-state index contributed by atoms with van der Waals surface area (Å²) in [6.45, 7) is 0. The van der Waals surface area contributed by atoms with E-state index in [9.17, 15) is 4.53 Å². The van der Waals surface area contributed by atoms with E-state index in [0.29, 0.717) is 0 Å². The van der Waals surface area contributed by atoms with Crippen LogP contribution in [0.1, 0.15) is 0 Å². The smallest absolute Gasteiger partial charge is 0 e. The summed E-state index contributed by atoms with van der Waals surface area (Å²) < 4.78 is 12.6. The molecule has 0 saturated heterocycles. The van der Waals surface area contributed by atoms with Crippen LogP contribution in [-0.4, -0.2) is 74.8 Å². The first-order valence-corrected chi connectivity index (χ1v) is 2.78. The topological polar surface area (TPSA) is 69.9 Å². The summed E-state index contributed by atoms with van der Waals surface area (Å²) in [6.07, 6.45) is 0. The van der Waals surface area contributed by atoms with Crippen molar-refractivity contribution in [2.75, 3.05) is 0 Å². The van der Waals surface area contributed by atoms with Crippen LogP contribution in [-0.2, 0) is 21.7 Å². The molecule has 1 radical (unpaired) electrons. The molecule has 0 aliphatic carbocycles. The molecule has 8 heavy (non-hydrogen) atoms. The van der Waals surface area contributed by atoms with E-state index in [0.717, 1.165) is 0 Å². The van der Waals surface area contributed by atoms with Crippen LogP contribution in [0.3, 0.4) is 0 Å². The third-order valence-electron chi connectivity index (χ3n) is 0.104. The number of halogens is 1. The molecular formula is H4FKMnO4Si. The van der Waals surface area contributed by atoms with E-state index in [1.165, 1.54) is 0 Å². The molecule has 0 bridgehead atoms. The maximum Gasteiger partial charge on any atom is 0 e. The zero-order valence-corrected chi connectivity index (χ0v) is 5.19. The molecule has 0 spiro atoms. The minimum atomic E-state index is -4.80. The predicted octanol–water partition coefficient (Wildman–Crippen LogP) is -2.35. The molecule has 0 amide bonds. The van der Waals surface area contributed by atoms with Gasteiger partial charge in [-0.15, -0.1) is 0 Å². The van der Waals surface area contributed by atoms with Crippen molar-refractivity contribution in [2.24, 2.45) is 0 Å². The molecule has 3 N–H and O–H groups in total. The van der Waals surface area contributed by atoms with Crippen molar-refractivity contribution in [3.8, 4) is 0 Å². The van der Waals surface area contributed by atoms with Gasteiger partial charge in [0.1, 0.15) is 0 Å². The molecule has 0 aromatic carbocycles. The molecule has 0 unspecified atom stereocenters. The molecule has 0 aliphatic rings. The Bertz CT molecular complexity index is 45.8. The van der Waals surface area contributed by atoms with Crippen molar-refractivity contribution in [1.82, 2.24) is 0 Å². The normalized spacial score (nSPS) is 9.00. The molecule has 0 rings (SSSR count). The summed E-state index contributed by atoms with van der Waals surface area (Å²) in [5, 5.41) is 0. The Morgan fingerprint density at radius 3 is 1.38 bits per heavy atom. The van der Waals surface area contributed by atoms with Crippen molar-refractivity contribution in [2.45, 2.75) is 0 Å². The standard InChI is InChI=1S/FH3O4Si.K.Mn.H/c1-5-6(2,3)4;;;/h2-4H;;;. The SMILES string of the molecule is O[Si](O)(O)OF.[KH].[Mn]. The quantitative estimate of drug-likeness (QED) is 0.423. The second-order valence-electron chi connectivity index (χ2n) is 0.651. The molecule has 0 atom stereocenters. The minimum Gasteiger partial charge on any atom is 0 e. The van der Waals surface area contributed by atoms with E-state index in [2.05, 4.69) is 4.63 Å². The molecule has 47 valence electrons. The monoisotopic (exact) mass is 209 g/mol. The Morgan fingerprint density at radius 2 is 1.38 bits per heavy atom. The fourth-order valence-corrected chi connectivity index (χ4v) is 0. The van der Waals surface area contributed by atoms with Crippen LogP contribution in [0, 0.1) is 0 Å². The third-order valence-corrected chi connectivity index (χ3v) is 0.311. The molecule has 0 aromatic rings. The zero-order chi connectivity index (χ0) is 5.21. The van der Waals surface area contributed by atoms with E-state index in [1.54, 1.807) is 0 Å². The van der Waals surface area contributed by atoms with Crippen molar-refractivity contribution < 1.29 is 40.6 Å². The summed E-state index contributed by atoms with van der Waals surface area (Å²) in [4.78, 5) is 22.4. The van der Waals surface area contributed by atoms with Gasteiger partial charge in [0.05, 0.1) is 0 Å². The summed E-state index contributed by atoms with van der Waals surface area (Å²) in [5.74, 6) is 0. The fourth-order valence-electron chi connectivity index (χ4n) is 0. The maximum absolute atomic E-state index is 10.3. The van der Waals surface area contributed by atoms with Crippen LogP contribution in [0.15, 0.2) is 0 Å². The van der Waals surface area contributed by atoms with Gasteiger partial charge < -0.3 is 14.4 Å². The van der Waals surface area contributed by atoms with Crippen molar-refractivity contribution in [3.63, 3.8) is 0 Å². The van der Waals surface area contributed by atoms with Crippen LogP contribution < -0.4 is 0 Å². The molecular weight excluding hydrogens is 205 g/mol. The molecule has 0 heterocycles. The summed E-state index contributed by atoms with van der Waals surface area (Å²) in [6, 6.07) is 0. The Hall–Kier alpha value is 2.14. The van der Waals surface area contributed by atoms with E-state index in [1.807, 2.05) is 0 Å². The van der Waals surface area contributed by atoms with Crippen LogP contribution in [0.5, 0.6) is 0 Å². The number of hydrogen-bond acceptors (Lipinski definition) is 4. The van der Waals surface area contributed by atoms with Gasteiger partial charge in [-0.1, -0.05) is 4.53 Å². The first-order chi connectivity index (χ1) is 2.56. The van der Waals surface area contributed by atoms with Crippen molar-refractivity contribution >= 4 is 60.4 Å². The molecule has 4 nitrogen and oxygen atoms in total. The van der Waals surface area contributed by atoms with Gasteiger partial charge in [0, 0.05) is 17.1 Å². The molecule has 0 fully saturated rings. The molecule has 0 aromatic heterocycles. The van der Waals surface area contributed by atoms with Gasteiger partial charge in [-0.05, 0) is 0 Å². The first-order valence-electron chi connectivity index (χ1n) is 1.03. The van der Waals surface area contributed by atoms with Crippen molar-refractivity contribution in [1.29, 1.82) is 0 Å². The summed E-state index contributed by atoms with van der Waals surface area (Å²) in [5.41, 5.74) is 0. The maximum atomic E-state index is 10.3. The van der Waals surface area contributed by atoms with Gasteiger partial charge >= 0.3 is 60.4 Å². The van der Waals surface area contributed by atoms with Crippen LogP contribution in [0.4, 0.5) is 4.53 Å². The Kier molecular flexibility index (Phi) is 15.1. The van der Waals surface area contributed by atoms with Crippen LogP contribution in [0.25, 0.3) is 0 Å². The van der Waals surface area contributed by atoms with Crippen molar-refractivity contribution in [3.05, 3.63) is 0 Å². The Morgan fingerprint density at radius 1 is 1.25 bits per heavy atom. The fraction of sp³-hybridized carbons (Fsp3) is 0. The minimum absolute atomic E-state index is 0. The summed E-state index contributed by atoms with van der Waals surface area (Å²) in [7, 11) is -4.80. The summed E-state index contributed by atoms with van der Waals surface area (Å²) >= 11 is 0. The van der Waals surface area contributed by atoms with E-state index < -0.39 is 9.05 Å². The number of hydrogen-bond donors (Lipinski definition) is 3. The molecule has 8 heteroatoms.